The van der Waals surface area contributed by atoms with Crippen LogP contribution >= 0.6 is 27.5 Å². The zero-order chi connectivity index (χ0) is 9.30. The van der Waals surface area contributed by atoms with Crippen LogP contribution in [0.3, 0.4) is 0 Å². The van der Waals surface area contributed by atoms with Crippen LogP contribution in [0.2, 0.25) is 5.02 Å². The molecule has 1 aromatic rings. The summed E-state index contributed by atoms with van der Waals surface area (Å²) in [6, 6.07) is 1.34. The molecule has 0 aliphatic heterocycles. The molecule has 0 radical (unpaired) electrons. The van der Waals surface area contributed by atoms with Gasteiger partial charge in [-0.2, -0.15) is 0 Å². The minimum Gasteiger partial charge on any atom is -0.476 e. The number of hydrogen-bond acceptors (Lipinski definition) is 3. The van der Waals surface area contributed by atoms with Crippen molar-refractivity contribution in [2.24, 2.45) is 0 Å². The molecule has 0 spiro atoms. The maximum Gasteiger partial charge on any atom is 0.356 e. The first-order valence-corrected chi connectivity index (χ1v) is 4.04. The molecular formula is C6H4BrClN2O2. The van der Waals surface area contributed by atoms with Crippen LogP contribution in [0.5, 0.6) is 0 Å². The molecule has 1 heterocycles. The van der Waals surface area contributed by atoms with Crippen molar-refractivity contribution in [3.8, 4) is 0 Å². The summed E-state index contributed by atoms with van der Waals surface area (Å²) in [4.78, 5) is 14.1. The maximum absolute atomic E-state index is 10.5. The summed E-state index contributed by atoms with van der Waals surface area (Å²) in [5, 5.41) is 8.86. The molecule has 0 amide bonds. The van der Waals surface area contributed by atoms with Crippen molar-refractivity contribution in [3.05, 3.63) is 21.4 Å². The van der Waals surface area contributed by atoms with Crippen LogP contribution in [-0.4, -0.2) is 16.1 Å². The number of carboxylic acid groups (broad SMARTS) is 1. The first kappa shape index (κ1) is 9.28. The lowest BCUT2D eigenvalue weighted by molar-refractivity contribution is 0.0691. The predicted octanol–water partition coefficient (Wildman–Crippen LogP) is 1.78. The fourth-order valence-corrected chi connectivity index (χ4v) is 1.10. The molecule has 4 nitrogen and oxygen atoms in total. The van der Waals surface area contributed by atoms with Gasteiger partial charge in [0.15, 0.2) is 5.69 Å². The van der Waals surface area contributed by atoms with Crippen LogP contribution in [0.25, 0.3) is 0 Å². The van der Waals surface area contributed by atoms with Gasteiger partial charge in [0.2, 0.25) is 0 Å². The Bertz CT molecular complexity index is 343. The quantitative estimate of drug-likeness (QED) is 0.746. The van der Waals surface area contributed by atoms with Gasteiger partial charge < -0.3 is 10.8 Å². The number of nitrogens with zero attached hydrogens (tertiary/aromatic N) is 1. The second kappa shape index (κ2) is 3.28. The SMILES string of the molecule is Nc1cc(Cl)c(Br)nc1C(=O)O. The molecule has 3 N–H and O–H groups in total. The summed E-state index contributed by atoms with van der Waals surface area (Å²) in [6.45, 7) is 0. The van der Waals surface area contributed by atoms with Crippen molar-refractivity contribution in [1.82, 2.24) is 4.98 Å². The Hall–Kier alpha value is -0.810. The summed E-state index contributed by atoms with van der Waals surface area (Å²) in [5.41, 5.74) is 5.19. The van der Waals surface area contributed by atoms with Gasteiger partial charge in [-0.25, -0.2) is 9.78 Å². The van der Waals surface area contributed by atoms with Crippen molar-refractivity contribution in [3.63, 3.8) is 0 Å². The van der Waals surface area contributed by atoms with E-state index in [2.05, 4.69) is 20.9 Å². The lowest BCUT2D eigenvalue weighted by atomic mass is 10.3. The van der Waals surface area contributed by atoms with Gasteiger partial charge in [0, 0.05) is 0 Å². The van der Waals surface area contributed by atoms with Gasteiger partial charge in [0.05, 0.1) is 10.7 Å². The van der Waals surface area contributed by atoms with E-state index in [0.717, 1.165) is 0 Å². The van der Waals surface area contributed by atoms with Crippen LogP contribution in [0, 0.1) is 0 Å². The topological polar surface area (TPSA) is 76.2 Å². The molecule has 0 aromatic carbocycles. The molecule has 0 saturated carbocycles. The van der Waals surface area contributed by atoms with Crippen LogP contribution in [0.4, 0.5) is 5.69 Å². The molecule has 0 unspecified atom stereocenters. The molecule has 0 saturated heterocycles. The molecule has 0 atom stereocenters. The fourth-order valence-electron chi connectivity index (χ4n) is 0.652. The van der Waals surface area contributed by atoms with Crippen molar-refractivity contribution < 1.29 is 9.90 Å². The highest BCUT2D eigenvalue weighted by molar-refractivity contribution is 9.10. The van der Waals surface area contributed by atoms with Crippen molar-refractivity contribution in [2.45, 2.75) is 0 Å². The third kappa shape index (κ3) is 1.67. The van der Waals surface area contributed by atoms with Crippen molar-refractivity contribution in [2.75, 3.05) is 5.73 Å². The molecule has 0 aliphatic carbocycles. The Morgan fingerprint density at radius 1 is 1.75 bits per heavy atom. The van der Waals surface area contributed by atoms with Gasteiger partial charge >= 0.3 is 5.97 Å². The molecule has 0 fully saturated rings. The van der Waals surface area contributed by atoms with E-state index >= 15 is 0 Å². The molecule has 64 valence electrons. The van der Waals surface area contributed by atoms with Crippen molar-refractivity contribution >= 4 is 39.2 Å². The number of aromatic nitrogens is 1. The minimum absolute atomic E-state index is 0.0516. The highest BCUT2D eigenvalue weighted by atomic mass is 79.9. The first-order chi connectivity index (χ1) is 5.52. The van der Waals surface area contributed by atoms with Gasteiger partial charge in [0.1, 0.15) is 4.60 Å². The largest absolute Gasteiger partial charge is 0.476 e. The van der Waals surface area contributed by atoms with Gasteiger partial charge in [-0.3, -0.25) is 0 Å². The van der Waals surface area contributed by atoms with E-state index in [4.69, 9.17) is 22.4 Å². The average Bonchev–Trinajstić information content (AvgIpc) is 1.96. The summed E-state index contributed by atoms with van der Waals surface area (Å²) in [5.74, 6) is -1.18. The Labute approximate surface area is 81.5 Å². The van der Waals surface area contributed by atoms with Crippen LogP contribution in [0.15, 0.2) is 10.7 Å². The third-order valence-electron chi connectivity index (χ3n) is 1.17. The summed E-state index contributed by atoms with van der Waals surface area (Å²) < 4.78 is 0.274. The Kier molecular flexibility index (Phi) is 2.54. The molecule has 12 heavy (non-hydrogen) atoms. The van der Waals surface area contributed by atoms with Gasteiger partial charge in [-0.05, 0) is 22.0 Å². The van der Waals surface area contributed by atoms with Crippen LogP contribution < -0.4 is 5.73 Å². The second-order valence-electron chi connectivity index (χ2n) is 2.00. The molecule has 1 rings (SSSR count). The Morgan fingerprint density at radius 2 is 2.33 bits per heavy atom. The number of carbonyl (C=O) groups is 1. The number of nitrogens with two attached hydrogens (primary N) is 1. The van der Waals surface area contributed by atoms with E-state index in [0.29, 0.717) is 0 Å². The zero-order valence-corrected chi connectivity index (χ0v) is 8.06. The van der Waals surface area contributed by atoms with Gasteiger partial charge in [0.25, 0.3) is 0 Å². The second-order valence-corrected chi connectivity index (χ2v) is 3.16. The van der Waals surface area contributed by atoms with Crippen LogP contribution in [0.1, 0.15) is 10.5 Å². The number of hydrogen-bond donors (Lipinski definition) is 2. The predicted molar refractivity (Wildman–Crippen MR) is 48.3 cm³/mol. The van der Waals surface area contributed by atoms with E-state index in [9.17, 15) is 4.79 Å². The molecule has 6 heteroatoms. The van der Waals surface area contributed by atoms with E-state index in [1.54, 1.807) is 0 Å². The lowest BCUT2D eigenvalue weighted by Gasteiger charge is -2.01. The number of aromatic carboxylic acids is 1. The third-order valence-corrected chi connectivity index (χ3v) is 2.29. The van der Waals surface area contributed by atoms with Crippen molar-refractivity contribution in [1.29, 1.82) is 0 Å². The number of rotatable bonds is 1. The molecule has 0 aliphatic rings. The van der Waals surface area contributed by atoms with E-state index < -0.39 is 5.97 Å². The lowest BCUT2D eigenvalue weighted by Crippen LogP contribution is -2.05. The first-order valence-electron chi connectivity index (χ1n) is 2.87. The van der Waals surface area contributed by atoms with Gasteiger partial charge in [-0.15, -0.1) is 0 Å². The van der Waals surface area contributed by atoms with E-state index in [1.165, 1.54) is 6.07 Å². The Balaban J connectivity index is 3.33. The number of anilines is 1. The van der Waals surface area contributed by atoms with E-state index in [-0.39, 0.29) is 21.0 Å². The molecular weight excluding hydrogens is 247 g/mol. The standard InChI is InChI=1S/C6H4BrClN2O2/c7-5-2(8)1-3(9)4(10-5)6(11)12/h1H,9H2,(H,11,12). The highest BCUT2D eigenvalue weighted by Gasteiger charge is 2.12. The number of carboxylic acids is 1. The highest BCUT2D eigenvalue weighted by Crippen LogP contribution is 2.24. The zero-order valence-electron chi connectivity index (χ0n) is 5.71. The minimum atomic E-state index is -1.18. The normalized spacial score (nSPS) is 9.83. The van der Waals surface area contributed by atoms with E-state index in [1.807, 2.05) is 0 Å². The monoisotopic (exact) mass is 250 g/mol. The Morgan fingerprint density at radius 3 is 2.83 bits per heavy atom. The average molecular weight is 251 g/mol. The summed E-state index contributed by atoms with van der Waals surface area (Å²) in [7, 11) is 0. The number of halogens is 2. The molecule has 0 bridgehead atoms. The van der Waals surface area contributed by atoms with Gasteiger partial charge in [-0.1, -0.05) is 11.6 Å². The number of pyridine rings is 1. The van der Waals surface area contributed by atoms with Crippen LogP contribution in [-0.2, 0) is 0 Å². The fraction of sp³-hybridized carbons (Fsp3) is 0. The molecule has 1 aromatic heterocycles. The summed E-state index contributed by atoms with van der Waals surface area (Å²) >= 11 is 8.59. The maximum atomic E-state index is 10.5. The summed E-state index contributed by atoms with van der Waals surface area (Å²) in [6.07, 6.45) is 0. The smallest absolute Gasteiger partial charge is 0.356 e. The number of nitrogen functional groups attached to an aromatic ring is 1.